The van der Waals surface area contributed by atoms with E-state index >= 15 is 0 Å². The molecule has 1 N–H and O–H groups in total. The maximum Gasteiger partial charge on any atom is 0.257 e. The molecule has 112 valence electrons. The van der Waals surface area contributed by atoms with Crippen LogP contribution in [0.15, 0.2) is 17.1 Å². The Hall–Kier alpha value is -2.09. The lowest BCUT2D eigenvalue weighted by atomic mass is 9.87. The summed E-state index contributed by atoms with van der Waals surface area (Å²) in [4.78, 5) is 24.4. The van der Waals surface area contributed by atoms with Crippen LogP contribution in [-0.2, 0) is 0 Å². The second kappa shape index (κ2) is 5.36. The summed E-state index contributed by atoms with van der Waals surface area (Å²) in [5.74, 6) is -0.476. The first-order valence-electron chi connectivity index (χ1n) is 7.17. The first-order chi connectivity index (χ1) is 9.74. The minimum atomic E-state index is -0.639. The number of carbonyl (C=O) groups excluding carboxylic acids is 1. The number of aryl methyl sites for hydroxylation is 1. The summed E-state index contributed by atoms with van der Waals surface area (Å²) in [5, 5.41) is 11.8. The molecule has 1 amide bonds. The number of nitriles is 1. The molecule has 1 aliphatic carbocycles. The van der Waals surface area contributed by atoms with E-state index in [0.717, 1.165) is 18.5 Å². The average Bonchev–Trinajstić information content (AvgIpc) is 3.18. The van der Waals surface area contributed by atoms with Gasteiger partial charge in [-0.15, -0.1) is 0 Å². The highest BCUT2D eigenvalue weighted by Crippen LogP contribution is 2.35. The number of hydrogen-bond acceptors (Lipinski definition) is 3. The molecular weight excluding hydrogens is 266 g/mol. The Bertz CT molecular complexity index is 658. The lowest BCUT2D eigenvalue weighted by molar-refractivity contribution is 0.0920. The highest BCUT2D eigenvalue weighted by Gasteiger charge is 2.29. The van der Waals surface area contributed by atoms with Crippen molar-refractivity contribution in [3.8, 4) is 6.07 Å². The molecule has 1 fully saturated rings. The third-order valence-electron chi connectivity index (χ3n) is 3.74. The lowest BCUT2D eigenvalue weighted by Gasteiger charge is -2.25. The molecule has 0 bridgehead atoms. The maximum atomic E-state index is 12.3. The van der Waals surface area contributed by atoms with Crippen LogP contribution in [0.1, 0.15) is 55.7 Å². The van der Waals surface area contributed by atoms with Gasteiger partial charge in [-0.05, 0) is 25.2 Å². The molecule has 21 heavy (non-hydrogen) atoms. The normalized spacial score (nSPS) is 16.1. The molecule has 1 atom stereocenters. The van der Waals surface area contributed by atoms with Gasteiger partial charge in [0.1, 0.15) is 11.6 Å². The topological polar surface area (TPSA) is 74.9 Å². The van der Waals surface area contributed by atoms with E-state index in [9.17, 15) is 14.9 Å². The molecule has 1 aromatic rings. The van der Waals surface area contributed by atoms with Crippen molar-refractivity contribution in [3.05, 3.63) is 33.7 Å². The third kappa shape index (κ3) is 3.33. The summed E-state index contributed by atoms with van der Waals surface area (Å²) in [5.41, 5.74) is 0.293. The Morgan fingerprint density at radius 1 is 1.48 bits per heavy atom. The summed E-state index contributed by atoms with van der Waals surface area (Å²) in [6, 6.07) is 3.33. The first-order valence-corrected chi connectivity index (χ1v) is 7.17. The van der Waals surface area contributed by atoms with Crippen LogP contribution in [0.5, 0.6) is 0 Å². The van der Waals surface area contributed by atoms with Gasteiger partial charge in [0.05, 0.1) is 6.07 Å². The van der Waals surface area contributed by atoms with Crippen LogP contribution in [0.2, 0.25) is 0 Å². The van der Waals surface area contributed by atoms with Crippen LogP contribution in [0.3, 0.4) is 0 Å². The summed E-state index contributed by atoms with van der Waals surface area (Å²) in [6.45, 7) is 7.49. The molecule has 2 rings (SSSR count). The molecule has 1 saturated carbocycles. The summed E-state index contributed by atoms with van der Waals surface area (Å²) in [7, 11) is 0. The van der Waals surface area contributed by atoms with E-state index in [4.69, 9.17) is 0 Å². The molecule has 5 heteroatoms. The minimum Gasteiger partial charge on any atom is -0.348 e. The minimum absolute atomic E-state index is 0.108. The van der Waals surface area contributed by atoms with E-state index in [-0.39, 0.29) is 16.4 Å². The Labute approximate surface area is 124 Å². The second-order valence-corrected chi connectivity index (χ2v) is 6.73. The van der Waals surface area contributed by atoms with Gasteiger partial charge >= 0.3 is 0 Å². The molecule has 5 nitrogen and oxygen atoms in total. The van der Waals surface area contributed by atoms with E-state index in [1.807, 2.05) is 32.3 Å². The van der Waals surface area contributed by atoms with Gasteiger partial charge in [0.25, 0.3) is 5.91 Å². The molecule has 1 unspecified atom stereocenters. The van der Waals surface area contributed by atoms with Crippen molar-refractivity contribution in [2.45, 2.75) is 52.6 Å². The van der Waals surface area contributed by atoms with Gasteiger partial charge in [0.2, 0.25) is 0 Å². The van der Waals surface area contributed by atoms with Crippen molar-refractivity contribution in [3.63, 3.8) is 0 Å². The summed E-state index contributed by atoms with van der Waals surface area (Å²) in [6.07, 6.45) is 3.78. The monoisotopic (exact) mass is 287 g/mol. The molecule has 1 heterocycles. The van der Waals surface area contributed by atoms with Crippen LogP contribution >= 0.6 is 0 Å². The van der Waals surface area contributed by atoms with Gasteiger partial charge in [-0.2, -0.15) is 5.26 Å². The van der Waals surface area contributed by atoms with Crippen molar-refractivity contribution >= 4 is 5.91 Å². The van der Waals surface area contributed by atoms with Crippen LogP contribution in [0.25, 0.3) is 0 Å². The maximum absolute atomic E-state index is 12.3. The van der Waals surface area contributed by atoms with Crippen LogP contribution in [-0.4, -0.2) is 16.5 Å². The SMILES string of the molecule is Cc1cc(=O)c(C(=O)NC(C#N)C(C)(C)C)cn1C1CC1. The summed E-state index contributed by atoms with van der Waals surface area (Å²) >= 11 is 0. The molecule has 1 aromatic heterocycles. The molecule has 0 aliphatic heterocycles. The Morgan fingerprint density at radius 3 is 2.57 bits per heavy atom. The number of amides is 1. The van der Waals surface area contributed by atoms with Crippen molar-refractivity contribution < 1.29 is 4.79 Å². The standard InChI is InChI=1S/C16H21N3O2/c1-10-7-13(20)12(9-19(10)11-5-6-11)15(21)18-14(8-17)16(2,3)4/h7,9,11,14H,5-6H2,1-4H3,(H,18,21). The van der Waals surface area contributed by atoms with Crippen molar-refractivity contribution in [2.75, 3.05) is 0 Å². The predicted molar refractivity (Wildman–Crippen MR) is 80.0 cm³/mol. The Morgan fingerprint density at radius 2 is 2.10 bits per heavy atom. The van der Waals surface area contributed by atoms with Crippen LogP contribution in [0.4, 0.5) is 0 Å². The zero-order chi connectivity index (χ0) is 15.8. The fourth-order valence-electron chi connectivity index (χ4n) is 2.21. The third-order valence-corrected chi connectivity index (χ3v) is 3.74. The van der Waals surface area contributed by atoms with Gasteiger partial charge < -0.3 is 9.88 Å². The molecule has 0 aromatic carbocycles. The molecule has 0 spiro atoms. The van der Waals surface area contributed by atoms with E-state index in [2.05, 4.69) is 11.4 Å². The van der Waals surface area contributed by atoms with Gasteiger partial charge in [-0.1, -0.05) is 20.8 Å². The quantitative estimate of drug-likeness (QED) is 0.925. The zero-order valence-electron chi connectivity index (χ0n) is 12.9. The number of nitrogens with one attached hydrogen (secondary N) is 1. The van der Waals surface area contributed by atoms with Crippen LogP contribution in [0, 0.1) is 23.7 Å². The van der Waals surface area contributed by atoms with Gasteiger partial charge in [-0.25, -0.2) is 0 Å². The zero-order valence-corrected chi connectivity index (χ0v) is 12.9. The van der Waals surface area contributed by atoms with E-state index < -0.39 is 11.9 Å². The van der Waals surface area contributed by atoms with Gasteiger partial charge in [0, 0.05) is 24.0 Å². The van der Waals surface area contributed by atoms with Crippen molar-refractivity contribution in [2.24, 2.45) is 5.41 Å². The number of aromatic nitrogens is 1. The number of hydrogen-bond donors (Lipinski definition) is 1. The largest absolute Gasteiger partial charge is 0.348 e. The van der Waals surface area contributed by atoms with Crippen molar-refractivity contribution in [1.82, 2.24) is 9.88 Å². The fraction of sp³-hybridized carbons (Fsp3) is 0.562. The van der Waals surface area contributed by atoms with E-state index in [1.165, 1.54) is 6.07 Å². The Kier molecular flexibility index (Phi) is 3.91. The number of rotatable bonds is 3. The van der Waals surface area contributed by atoms with Crippen molar-refractivity contribution in [1.29, 1.82) is 5.26 Å². The predicted octanol–water partition coefficient (Wildman–Crippen LogP) is 2.16. The lowest BCUT2D eigenvalue weighted by Crippen LogP contribution is -2.44. The van der Waals surface area contributed by atoms with Crippen LogP contribution < -0.4 is 10.7 Å². The first kappa shape index (κ1) is 15.3. The highest BCUT2D eigenvalue weighted by atomic mass is 16.2. The average molecular weight is 287 g/mol. The Balaban J connectivity index is 2.29. The number of pyridine rings is 1. The second-order valence-electron chi connectivity index (χ2n) is 6.73. The van der Waals surface area contributed by atoms with Gasteiger partial charge in [0.15, 0.2) is 5.43 Å². The summed E-state index contributed by atoms with van der Waals surface area (Å²) < 4.78 is 1.98. The van der Waals surface area contributed by atoms with E-state index in [0.29, 0.717) is 6.04 Å². The molecule has 1 aliphatic rings. The molecular formula is C16H21N3O2. The smallest absolute Gasteiger partial charge is 0.257 e. The van der Waals surface area contributed by atoms with Gasteiger partial charge in [-0.3, -0.25) is 9.59 Å². The fourth-order valence-corrected chi connectivity index (χ4v) is 2.21. The molecule has 0 radical (unpaired) electrons. The number of carbonyl (C=O) groups is 1. The number of nitrogens with zero attached hydrogens (tertiary/aromatic N) is 2. The highest BCUT2D eigenvalue weighted by molar-refractivity contribution is 5.94. The molecule has 0 saturated heterocycles. The van der Waals surface area contributed by atoms with E-state index in [1.54, 1.807) is 6.20 Å².